The van der Waals surface area contributed by atoms with Gasteiger partial charge in [-0.3, -0.25) is 9.63 Å². The van der Waals surface area contributed by atoms with Crippen molar-refractivity contribution in [2.24, 2.45) is 11.8 Å². The Bertz CT molecular complexity index is 145. The molecule has 0 aromatic rings. The first-order valence-electron chi connectivity index (χ1n) is 4.30. The van der Waals surface area contributed by atoms with Crippen LogP contribution in [-0.2, 0) is 9.63 Å². The highest BCUT2D eigenvalue weighted by molar-refractivity contribution is 5.77. The van der Waals surface area contributed by atoms with Crippen LogP contribution in [0.15, 0.2) is 0 Å². The summed E-state index contributed by atoms with van der Waals surface area (Å²) in [5.74, 6) is 0.648. The zero-order chi connectivity index (χ0) is 9.72. The zero-order valence-electron chi connectivity index (χ0n) is 8.63. The Morgan fingerprint density at radius 2 is 1.92 bits per heavy atom. The summed E-state index contributed by atoms with van der Waals surface area (Å²) in [5.41, 5.74) is 0. The fourth-order valence-electron chi connectivity index (χ4n) is 1.21. The summed E-state index contributed by atoms with van der Waals surface area (Å²) < 4.78 is 0. The Morgan fingerprint density at radius 3 is 2.25 bits per heavy atom. The molecule has 0 radical (unpaired) electrons. The van der Waals surface area contributed by atoms with E-state index in [1.807, 2.05) is 6.92 Å². The van der Waals surface area contributed by atoms with E-state index in [1.54, 1.807) is 7.05 Å². The maximum absolute atomic E-state index is 11.4. The van der Waals surface area contributed by atoms with Crippen molar-refractivity contribution >= 4 is 5.91 Å². The summed E-state index contributed by atoms with van der Waals surface area (Å²) in [5, 5.41) is 1.28. The van der Waals surface area contributed by atoms with E-state index in [-0.39, 0.29) is 11.8 Å². The van der Waals surface area contributed by atoms with Gasteiger partial charge in [-0.25, -0.2) is 5.06 Å². The van der Waals surface area contributed by atoms with Gasteiger partial charge in [0.15, 0.2) is 0 Å². The van der Waals surface area contributed by atoms with Crippen LogP contribution in [0.25, 0.3) is 0 Å². The van der Waals surface area contributed by atoms with Crippen molar-refractivity contribution in [2.45, 2.75) is 27.2 Å². The summed E-state index contributed by atoms with van der Waals surface area (Å²) in [6, 6.07) is 0. The third-order valence-electron chi connectivity index (χ3n) is 1.83. The van der Waals surface area contributed by atoms with Gasteiger partial charge < -0.3 is 0 Å². The Labute approximate surface area is 74.6 Å². The zero-order valence-corrected chi connectivity index (χ0v) is 8.63. The van der Waals surface area contributed by atoms with Crippen molar-refractivity contribution in [1.29, 1.82) is 0 Å². The van der Waals surface area contributed by atoms with Crippen LogP contribution in [0.2, 0.25) is 0 Å². The molecule has 0 fully saturated rings. The molecule has 72 valence electrons. The number of rotatable bonds is 4. The molecule has 3 nitrogen and oxygen atoms in total. The molecule has 1 atom stereocenters. The second-order valence-corrected chi connectivity index (χ2v) is 3.55. The summed E-state index contributed by atoms with van der Waals surface area (Å²) in [7, 11) is 3.14. The molecule has 0 aromatic heterocycles. The van der Waals surface area contributed by atoms with Gasteiger partial charge >= 0.3 is 0 Å². The van der Waals surface area contributed by atoms with E-state index in [9.17, 15) is 4.79 Å². The largest absolute Gasteiger partial charge is 0.275 e. The molecule has 0 saturated heterocycles. The van der Waals surface area contributed by atoms with Gasteiger partial charge in [0.2, 0.25) is 5.91 Å². The maximum atomic E-state index is 11.4. The standard InChI is InChI=1S/C9H19NO2/c1-7(2)6-8(3)9(11)10(4)12-5/h7-8H,6H2,1-5H3/t8-/m0/s1. The highest BCUT2D eigenvalue weighted by Crippen LogP contribution is 2.12. The fraction of sp³-hybridized carbons (Fsp3) is 0.889. The Kier molecular flexibility index (Phi) is 4.90. The second-order valence-electron chi connectivity index (χ2n) is 3.55. The van der Waals surface area contributed by atoms with Crippen molar-refractivity contribution in [3.8, 4) is 0 Å². The van der Waals surface area contributed by atoms with Gasteiger partial charge in [-0.05, 0) is 12.3 Å². The van der Waals surface area contributed by atoms with E-state index in [1.165, 1.54) is 12.2 Å². The van der Waals surface area contributed by atoms with E-state index < -0.39 is 0 Å². The lowest BCUT2D eigenvalue weighted by Crippen LogP contribution is -2.31. The minimum Gasteiger partial charge on any atom is -0.275 e. The molecule has 0 bridgehead atoms. The molecule has 0 aliphatic heterocycles. The van der Waals surface area contributed by atoms with Crippen LogP contribution in [0.5, 0.6) is 0 Å². The minimum absolute atomic E-state index is 0.0474. The number of hydrogen-bond acceptors (Lipinski definition) is 2. The number of amides is 1. The van der Waals surface area contributed by atoms with E-state index in [0.29, 0.717) is 5.92 Å². The van der Waals surface area contributed by atoms with Crippen LogP contribution in [0, 0.1) is 11.8 Å². The average molecular weight is 173 g/mol. The predicted molar refractivity (Wildman–Crippen MR) is 48.4 cm³/mol. The van der Waals surface area contributed by atoms with Gasteiger partial charge in [-0.1, -0.05) is 20.8 Å². The Morgan fingerprint density at radius 1 is 1.42 bits per heavy atom. The van der Waals surface area contributed by atoms with Gasteiger partial charge in [0, 0.05) is 13.0 Å². The van der Waals surface area contributed by atoms with Crippen LogP contribution >= 0.6 is 0 Å². The van der Waals surface area contributed by atoms with Crippen LogP contribution in [0.4, 0.5) is 0 Å². The Hall–Kier alpha value is -0.570. The first-order chi connectivity index (χ1) is 5.49. The van der Waals surface area contributed by atoms with Crippen LogP contribution < -0.4 is 0 Å². The lowest BCUT2D eigenvalue weighted by atomic mass is 9.98. The molecule has 0 heterocycles. The highest BCUT2D eigenvalue weighted by atomic mass is 16.7. The lowest BCUT2D eigenvalue weighted by Gasteiger charge is -2.19. The molecule has 1 amide bonds. The lowest BCUT2D eigenvalue weighted by molar-refractivity contribution is -0.173. The molecule has 0 N–H and O–H groups in total. The molecule has 12 heavy (non-hydrogen) atoms. The Balaban J connectivity index is 3.92. The van der Waals surface area contributed by atoms with Gasteiger partial charge in [0.25, 0.3) is 0 Å². The molecule has 0 spiro atoms. The molecule has 3 heteroatoms. The monoisotopic (exact) mass is 173 g/mol. The summed E-state index contributed by atoms with van der Waals surface area (Å²) >= 11 is 0. The normalized spacial score (nSPS) is 13.2. The third kappa shape index (κ3) is 3.72. The highest BCUT2D eigenvalue weighted by Gasteiger charge is 2.17. The molecule has 0 aromatic carbocycles. The molecule has 0 aliphatic rings. The topological polar surface area (TPSA) is 29.5 Å². The summed E-state index contributed by atoms with van der Waals surface area (Å²) in [6.45, 7) is 6.14. The number of nitrogens with zero attached hydrogens (tertiary/aromatic N) is 1. The average Bonchev–Trinajstić information content (AvgIpc) is 2.00. The van der Waals surface area contributed by atoms with Gasteiger partial charge in [-0.15, -0.1) is 0 Å². The molecule has 0 rings (SSSR count). The fourth-order valence-corrected chi connectivity index (χ4v) is 1.21. The third-order valence-corrected chi connectivity index (χ3v) is 1.83. The first kappa shape index (κ1) is 11.4. The summed E-state index contributed by atoms with van der Waals surface area (Å²) in [6.07, 6.45) is 0.909. The minimum atomic E-state index is 0.0474. The molecular weight excluding hydrogens is 154 g/mol. The van der Waals surface area contributed by atoms with Crippen molar-refractivity contribution < 1.29 is 9.63 Å². The maximum Gasteiger partial charge on any atom is 0.248 e. The van der Waals surface area contributed by atoms with E-state index in [0.717, 1.165) is 6.42 Å². The summed E-state index contributed by atoms with van der Waals surface area (Å²) in [4.78, 5) is 16.2. The van der Waals surface area contributed by atoms with Crippen molar-refractivity contribution in [1.82, 2.24) is 5.06 Å². The van der Waals surface area contributed by atoms with Gasteiger partial charge in [0.05, 0.1) is 7.11 Å². The van der Waals surface area contributed by atoms with E-state index in [4.69, 9.17) is 4.84 Å². The van der Waals surface area contributed by atoms with Crippen molar-refractivity contribution in [2.75, 3.05) is 14.2 Å². The SMILES string of the molecule is CON(C)C(=O)[C@@H](C)CC(C)C. The van der Waals surface area contributed by atoms with Crippen LogP contribution in [-0.4, -0.2) is 25.1 Å². The van der Waals surface area contributed by atoms with E-state index >= 15 is 0 Å². The van der Waals surface area contributed by atoms with Crippen molar-refractivity contribution in [3.63, 3.8) is 0 Å². The first-order valence-corrected chi connectivity index (χ1v) is 4.30. The number of hydrogen-bond donors (Lipinski definition) is 0. The smallest absolute Gasteiger partial charge is 0.248 e. The van der Waals surface area contributed by atoms with Crippen LogP contribution in [0.3, 0.4) is 0 Å². The van der Waals surface area contributed by atoms with Crippen molar-refractivity contribution in [3.05, 3.63) is 0 Å². The molecular formula is C9H19NO2. The molecule has 0 saturated carbocycles. The molecule has 0 unspecified atom stereocenters. The second kappa shape index (κ2) is 5.14. The number of hydroxylamine groups is 2. The van der Waals surface area contributed by atoms with E-state index in [2.05, 4.69) is 13.8 Å². The van der Waals surface area contributed by atoms with Gasteiger partial charge in [0.1, 0.15) is 0 Å². The predicted octanol–water partition coefficient (Wildman–Crippen LogP) is 1.69. The van der Waals surface area contributed by atoms with Gasteiger partial charge in [-0.2, -0.15) is 0 Å². The molecule has 0 aliphatic carbocycles. The quantitative estimate of drug-likeness (QED) is 0.605. The number of carbonyl (C=O) groups excluding carboxylic acids is 1. The number of carbonyl (C=O) groups is 1. The van der Waals surface area contributed by atoms with Crippen LogP contribution in [0.1, 0.15) is 27.2 Å².